The van der Waals surface area contributed by atoms with Gasteiger partial charge in [0.1, 0.15) is 0 Å². The predicted octanol–water partition coefficient (Wildman–Crippen LogP) is 4.13. The SMILES string of the molecule is O=S(=O)(Nc1cc(I)ccc1Br)C1CCCCC1. The van der Waals surface area contributed by atoms with Crippen LogP contribution in [0.15, 0.2) is 22.7 Å². The molecule has 1 N–H and O–H groups in total. The maximum atomic E-state index is 12.3. The summed E-state index contributed by atoms with van der Waals surface area (Å²) < 4.78 is 29.1. The van der Waals surface area contributed by atoms with E-state index in [1.807, 2.05) is 18.2 Å². The molecule has 1 aromatic carbocycles. The molecular weight excluding hydrogens is 429 g/mol. The van der Waals surface area contributed by atoms with Gasteiger partial charge >= 0.3 is 0 Å². The molecule has 100 valence electrons. The van der Waals surface area contributed by atoms with E-state index >= 15 is 0 Å². The van der Waals surface area contributed by atoms with Gasteiger partial charge in [0, 0.05) is 8.04 Å². The van der Waals surface area contributed by atoms with Crippen molar-refractivity contribution in [2.45, 2.75) is 37.4 Å². The lowest BCUT2D eigenvalue weighted by Gasteiger charge is -2.22. The zero-order chi connectivity index (χ0) is 13.2. The van der Waals surface area contributed by atoms with Crippen molar-refractivity contribution >= 4 is 54.2 Å². The summed E-state index contributed by atoms with van der Waals surface area (Å²) in [6, 6.07) is 5.63. The third-order valence-electron chi connectivity index (χ3n) is 3.17. The number of hydrogen-bond acceptors (Lipinski definition) is 2. The third-order valence-corrected chi connectivity index (χ3v) is 6.39. The maximum absolute atomic E-state index is 12.3. The van der Waals surface area contributed by atoms with Crippen LogP contribution in [0.3, 0.4) is 0 Å². The Kier molecular flexibility index (Phi) is 4.93. The van der Waals surface area contributed by atoms with Crippen LogP contribution < -0.4 is 4.72 Å². The van der Waals surface area contributed by atoms with Gasteiger partial charge in [0.25, 0.3) is 0 Å². The summed E-state index contributed by atoms with van der Waals surface area (Å²) in [7, 11) is -3.26. The van der Waals surface area contributed by atoms with Crippen LogP contribution in [0.1, 0.15) is 32.1 Å². The van der Waals surface area contributed by atoms with E-state index in [0.29, 0.717) is 5.69 Å². The van der Waals surface area contributed by atoms with Crippen LogP contribution in [0, 0.1) is 3.57 Å². The number of sulfonamides is 1. The van der Waals surface area contributed by atoms with Crippen LogP contribution in [0.25, 0.3) is 0 Å². The molecule has 1 aromatic rings. The van der Waals surface area contributed by atoms with Gasteiger partial charge in [0.2, 0.25) is 10.0 Å². The van der Waals surface area contributed by atoms with Crippen molar-refractivity contribution in [2.75, 3.05) is 4.72 Å². The zero-order valence-electron chi connectivity index (χ0n) is 9.83. The van der Waals surface area contributed by atoms with Gasteiger partial charge in [0.15, 0.2) is 0 Å². The lowest BCUT2D eigenvalue weighted by molar-refractivity contribution is 0.486. The highest BCUT2D eigenvalue weighted by Gasteiger charge is 2.27. The monoisotopic (exact) mass is 443 g/mol. The molecule has 0 saturated heterocycles. The standard InChI is InChI=1S/C12H15BrINO2S/c13-11-7-6-9(14)8-12(11)15-18(16,17)10-4-2-1-3-5-10/h6-8,10,15H,1-5H2. The van der Waals surface area contributed by atoms with Crippen molar-refractivity contribution in [1.29, 1.82) is 0 Å². The molecular formula is C12H15BrINO2S. The molecule has 0 radical (unpaired) electrons. The van der Waals surface area contributed by atoms with E-state index in [9.17, 15) is 8.42 Å². The average molecular weight is 444 g/mol. The van der Waals surface area contributed by atoms with Crippen molar-refractivity contribution in [3.8, 4) is 0 Å². The van der Waals surface area contributed by atoms with E-state index in [4.69, 9.17) is 0 Å². The first-order valence-electron chi connectivity index (χ1n) is 5.96. The number of anilines is 1. The Morgan fingerprint density at radius 3 is 2.56 bits per heavy atom. The summed E-state index contributed by atoms with van der Waals surface area (Å²) >= 11 is 5.55. The van der Waals surface area contributed by atoms with Crippen molar-refractivity contribution in [1.82, 2.24) is 0 Å². The molecule has 18 heavy (non-hydrogen) atoms. The highest BCUT2D eigenvalue weighted by molar-refractivity contribution is 14.1. The average Bonchev–Trinajstić information content (AvgIpc) is 2.35. The van der Waals surface area contributed by atoms with Crippen molar-refractivity contribution in [3.05, 3.63) is 26.2 Å². The topological polar surface area (TPSA) is 46.2 Å². The summed E-state index contributed by atoms with van der Waals surface area (Å²) in [4.78, 5) is 0. The zero-order valence-corrected chi connectivity index (χ0v) is 14.4. The molecule has 0 unspecified atom stereocenters. The molecule has 2 rings (SSSR count). The number of rotatable bonds is 3. The van der Waals surface area contributed by atoms with Crippen molar-refractivity contribution in [3.63, 3.8) is 0 Å². The van der Waals surface area contributed by atoms with Gasteiger partial charge in [-0.05, 0) is 69.6 Å². The van der Waals surface area contributed by atoms with Gasteiger partial charge < -0.3 is 0 Å². The van der Waals surface area contributed by atoms with E-state index in [2.05, 4.69) is 43.2 Å². The largest absolute Gasteiger partial charge is 0.282 e. The van der Waals surface area contributed by atoms with Crippen LogP contribution >= 0.6 is 38.5 Å². The fourth-order valence-corrected chi connectivity index (χ4v) is 4.75. The quantitative estimate of drug-likeness (QED) is 0.714. The normalized spacial score (nSPS) is 17.7. The second-order valence-electron chi connectivity index (χ2n) is 4.53. The number of nitrogens with one attached hydrogen (secondary N) is 1. The molecule has 0 spiro atoms. The molecule has 1 saturated carbocycles. The van der Waals surface area contributed by atoms with Gasteiger partial charge in [-0.3, -0.25) is 4.72 Å². The first-order valence-corrected chi connectivity index (χ1v) is 9.37. The summed E-state index contributed by atoms with van der Waals surface area (Å²) in [5.41, 5.74) is 0.632. The Labute approximate surface area is 130 Å². The van der Waals surface area contributed by atoms with E-state index in [-0.39, 0.29) is 5.25 Å². The van der Waals surface area contributed by atoms with E-state index in [1.165, 1.54) is 0 Å². The smallest absolute Gasteiger partial charge is 0.235 e. The van der Waals surface area contributed by atoms with Gasteiger partial charge in [-0.1, -0.05) is 19.3 Å². The summed E-state index contributed by atoms with van der Waals surface area (Å²) in [6.45, 7) is 0. The first-order chi connectivity index (χ1) is 8.49. The number of hydrogen-bond donors (Lipinski definition) is 1. The molecule has 0 heterocycles. The molecule has 0 atom stereocenters. The van der Waals surface area contributed by atoms with Crippen molar-refractivity contribution < 1.29 is 8.42 Å². The molecule has 3 nitrogen and oxygen atoms in total. The Morgan fingerprint density at radius 2 is 1.89 bits per heavy atom. The lowest BCUT2D eigenvalue weighted by Crippen LogP contribution is -2.29. The predicted molar refractivity (Wildman–Crippen MR) is 86.3 cm³/mol. The Hall–Kier alpha value is 0.180. The Bertz CT molecular complexity index is 527. The molecule has 0 bridgehead atoms. The molecule has 0 aliphatic heterocycles. The fourth-order valence-electron chi connectivity index (χ4n) is 2.19. The molecule has 0 aromatic heterocycles. The molecule has 1 aliphatic rings. The summed E-state index contributed by atoms with van der Waals surface area (Å²) in [6.07, 6.45) is 4.73. The van der Waals surface area contributed by atoms with Gasteiger partial charge in [-0.15, -0.1) is 0 Å². The van der Waals surface area contributed by atoms with Gasteiger partial charge in [-0.2, -0.15) is 0 Å². The first kappa shape index (κ1) is 14.6. The minimum Gasteiger partial charge on any atom is -0.282 e. The minimum absolute atomic E-state index is 0.240. The van der Waals surface area contributed by atoms with Crippen LogP contribution in [0.2, 0.25) is 0 Å². The minimum atomic E-state index is -3.26. The second kappa shape index (κ2) is 6.09. The number of benzene rings is 1. The second-order valence-corrected chi connectivity index (χ2v) is 8.59. The van der Waals surface area contributed by atoms with E-state index < -0.39 is 10.0 Å². The third kappa shape index (κ3) is 3.60. The van der Waals surface area contributed by atoms with Gasteiger partial charge in [0.05, 0.1) is 10.9 Å². The molecule has 1 fully saturated rings. The maximum Gasteiger partial charge on any atom is 0.235 e. The van der Waals surface area contributed by atoms with Crippen LogP contribution in [0.4, 0.5) is 5.69 Å². The van der Waals surface area contributed by atoms with Crippen LogP contribution in [-0.4, -0.2) is 13.7 Å². The Morgan fingerprint density at radius 1 is 1.22 bits per heavy atom. The molecule has 0 amide bonds. The highest BCUT2D eigenvalue weighted by atomic mass is 127. The lowest BCUT2D eigenvalue weighted by atomic mass is 10.0. The summed E-state index contributed by atoms with van der Waals surface area (Å²) in [5.74, 6) is 0. The van der Waals surface area contributed by atoms with Crippen LogP contribution in [-0.2, 0) is 10.0 Å². The Balaban J connectivity index is 2.18. The van der Waals surface area contributed by atoms with Crippen molar-refractivity contribution in [2.24, 2.45) is 0 Å². The number of halogens is 2. The highest BCUT2D eigenvalue weighted by Crippen LogP contribution is 2.29. The van der Waals surface area contributed by atoms with Crippen LogP contribution in [0.5, 0.6) is 0 Å². The molecule has 1 aliphatic carbocycles. The fraction of sp³-hybridized carbons (Fsp3) is 0.500. The van der Waals surface area contributed by atoms with E-state index in [0.717, 1.165) is 40.1 Å². The van der Waals surface area contributed by atoms with E-state index in [1.54, 1.807) is 0 Å². The summed E-state index contributed by atoms with van der Waals surface area (Å²) in [5, 5.41) is -0.240. The molecule has 6 heteroatoms. The van der Waals surface area contributed by atoms with Gasteiger partial charge in [-0.25, -0.2) is 8.42 Å².